The van der Waals surface area contributed by atoms with Crippen LogP contribution >= 0.6 is 34.8 Å². The van der Waals surface area contributed by atoms with Crippen LogP contribution in [-0.4, -0.2) is 20.7 Å². The first kappa shape index (κ1) is 25.5. The Bertz CT molecular complexity index is 1550. The molecule has 4 saturated carbocycles. The van der Waals surface area contributed by atoms with E-state index in [-0.39, 0.29) is 11.0 Å². The van der Waals surface area contributed by atoms with Gasteiger partial charge in [-0.25, -0.2) is 4.98 Å². The van der Waals surface area contributed by atoms with E-state index < -0.39 is 0 Å². The highest BCUT2D eigenvalue weighted by Gasteiger charge is 2.48. The third-order valence-electron chi connectivity index (χ3n) is 8.99. The average molecular weight is 581 g/mol. The minimum absolute atomic E-state index is 0.112. The number of halogens is 3. The highest BCUT2D eigenvalue weighted by molar-refractivity contribution is 6.39. The van der Waals surface area contributed by atoms with Gasteiger partial charge in [0.25, 0.3) is 0 Å². The summed E-state index contributed by atoms with van der Waals surface area (Å²) in [4.78, 5) is 8.32. The highest BCUT2D eigenvalue weighted by Crippen LogP contribution is 2.55. The molecular weight excluding hydrogens is 553 g/mol. The molecule has 39 heavy (non-hydrogen) atoms. The number of aromatic nitrogens is 3. The van der Waals surface area contributed by atoms with Crippen molar-refractivity contribution in [1.29, 1.82) is 0 Å². The van der Waals surface area contributed by atoms with Crippen LogP contribution in [0.3, 0.4) is 0 Å². The predicted octanol–water partition coefficient (Wildman–Crippen LogP) is 9.45. The van der Waals surface area contributed by atoms with Crippen molar-refractivity contribution in [3.05, 3.63) is 81.0 Å². The summed E-state index contributed by atoms with van der Waals surface area (Å²) in [5.74, 6) is 1.32. The van der Waals surface area contributed by atoms with E-state index in [2.05, 4.69) is 45.5 Å². The summed E-state index contributed by atoms with van der Waals surface area (Å²) in [5, 5.41) is 7.99. The van der Waals surface area contributed by atoms with Crippen LogP contribution in [0.2, 0.25) is 15.2 Å². The predicted molar refractivity (Wildman–Crippen MR) is 155 cm³/mol. The van der Waals surface area contributed by atoms with Gasteiger partial charge in [-0.2, -0.15) is 0 Å². The van der Waals surface area contributed by atoms with Crippen molar-refractivity contribution in [3.8, 4) is 11.3 Å². The zero-order valence-electron chi connectivity index (χ0n) is 21.4. The van der Waals surface area contributed by atoms with Crippen LogP contribution in [-0.2, 0) is 11.3 Å². The van der Waals surface area contributed by atoms with Gasteiger partial charge in [-0.15, -0.1) is 0 Å². The van der Waals surface area contributed by atoms with Crippen molar-refractivity contribution >= 4 is 51.7 Å². The molecule has 0 amide bonds. The molecule has 0 saturated heterocycles. The molecule has 0 spiro atoms. The number of benzene rings is 1. The molecule has 8 heteroatoms. The molecule has 0 atom stereocenters. The second kappa shape index (κ2) is 9.88. The number of pyridine rings is 2. The normalized spacial score (nSPS) is 24.7. The Morgan fingerprint density at radius 1 is 0.974 bits per heavy atom. The van der Waals surface area contributed by atoms with E-state index >= 15 is 0 Å². The van der Waals surface area contributed by atoms with E-state index in [1.165, 1.54) is 0 Å². The maximum absolute atomic E-state index is 6.78. The van der Waals surface area contributed by atoms with Gasteiger partial charge >= 0.3 is 0 Å². The minimum atomic E-state index is -0.112. The maximum atomic E-state index is 6.78. The van der Waals surface area contributed by atoms with Gasteiger partial charge in [0.1, 0.15) is 16.6 Å². The van der Waals surface area contributed by atoms with Gasteiger partial charge in [0, 0.05) is 41.0 Å². The van der Waals surface area contributed by atoms with E-state index in [1.807, 2.05) is 6.07 Å². The first-order valence-corrected chi connectivity index (χ1v) is 14.7. The Hall–Kier alpha value is -2.44. The Morgan fingerprint density at radius 2 is 1.72 bits per heavy atom. The zero-order chi connectivity index (χ0) is 26.6. The van der Waals surface area contributed by atoms with Crippen LogP contribution in [0.4, 0.5) is 0 Å². The second-order valence-electron chi connectivity index (χ2n) is 11.4. The fraction of sp³-hybridized carbons (Fsp3) is 0.387. The van der Waals surface area contributed by atoms with Crippen molar-refractivity contribution in [2.24, 2.45) is 5.41 Å². The van der Waals surface area contributed by atoms with Gasteiger partial charge in [-0.05, 0) is 79.9 Å². The SMILES string of the molecule is Clc1cncc(Cl)c1-c1noc(C2CC2)c1COC12CCC(/C=C/c3ccc4ccnc(Cl)c4c3)(CC1)CC2. The van der Waals surface area contributed by atoms with Crippen LogP contribution in [0, 0.1) is 5.41 Å². The zero-order valence-corrected chi connectivity index (χ0v) is 23.7. The quantitative estimate of drug-likeness (QED) is 0.204. The largest absolute Gasteiger partial charge is 0.370 e. The Balaban J connectivity index is 1.07. The molecule has 4 aromatic rings. The molecule has 0 aliphatic heterocycles. The topological polar surface area (TPSA) is 61.0 Å². The van der Waals surface area contributed by atoms with Crippen molar-refractivity contribution < 1.29 is 9.26 Å². The van der Waals surface area contributed by atoms with Crippen LogP contribution in [0.1, 0.15) is 74.2 Å². The molecule has 4 aliphatic rings. The van der Waals surface area contributed by atoms with E-state index in [1.54, 1.807) is 18.6 Å². The lowest BCUT2D eigenvalue weighted by atomic mass is 9.58. The third-order valence-corrected chi connectivity index (χ3v) is 9.86. The number of nitrogens with zero attached hydrogens (tertiary/aromatic N) is 3. The third kappa shape index (κ3) is 4.78. The molecule has 4 aliphatic carbocycles. The van der Waals surface area contributed by atoms with Gasteiger partial charge in [-0.3, -0.25) is 4.98 Å². The van der Waals surface area contributed by atoms with Gasteiger partial charge < -0.3 is 9.26 Å². The maximum Gasteiger partial charge on any atom is 0.145 e. The molecule has 1 aromatic carbocycles. The molecule has 2 bridgehead atoms. The number of allylic oxidation sites excluding steroid dienone is 1. The molecule has 200 valence electrons. The van der Waals surface area contributed by atoms with Crippen LogP contribution in [0.5, 0.6) is 0 Å². The molecule has 3 heterocycles. The molecule has 5 nitrogen and oxygen atoms in total. The summed E-state index contributed by atoms with van der Waals surface area (Å²) in [6, 6.07) is 8.39. The van der Waals surface area contributed by atoms with Crippen molar-refractivity contribution in [1.82, 2.24) is 15.1 Å². The van der Waals surface area contributed by atoms with E-state index in [0.717, 1.165) is 79.0 Å². The summed E-state index contributed by atoms with van der Waals surface area (Å²) in [7, 11) is 0. The van der Waals surface area contributed by atoms with Gasteiger partial charge in [0.15, 0.2) is 0 Å². The van der Waals surface area contributed by atoms with E-state index in [0.29, 0.717) is 39.0 Å². The van der Waals surface area contributed by atoms with Crippen LogP contribution in [0.25, 0.3) is 28.1 Å². The molecule has 0 N–H and O–H groups in total. The summed E-state index contributed by atoms with van der Waals surface area (Å²) in [6.45, 7) is 0.453. The Labute approximate surface area is 242 Å². The lowest BCUT2D eigenvalue weighted by molar-refractivity contribution is -0.133. The van der Waals surface area contributed by atoms with Crippen LogP contribution in [0.15, 0.2) is 53.5 Å². The Kier molecular flexibility index (Phi) is 6.47. The van der Waals surface area contributed by atoms with E-state index in [4.69, 9.17) is 44.1 Å². The number of fused-ring (bicyclic) bond motifs is 4. The number of hydrogen-bond acceptors (Lipinski definition) is 5. The second-order valence-corrected chi connectivity index (χ2v) is 12.5. The van der Waals surface area contributed by atoms with Crippen molar-refractivity contribution in [3.63, 3.8) is 0 Å². The standard InChI is InChI=1S/C31H28Cl3N3O2/c32-24-16-35-17-25(33)26(24)27-23(28(39-37-27)21-3-4-21)18-38-31-11-8-30(9-12-31,10-13-31)7-5-19-1-2-20-6-14-36-29(34)22(20)15-19/h1-2,5-7,14-17,21H,3-4,8-13,18H2/b7-5+. The first-order valence-electron chi connectivity index (χ1n) is 13.6. The van der Waals surface area contributed by atoms with Gasteiger partial charge in [0.2, 0.25) is 0 Å². The summed E-state index contributed by atoms with van der Waals surface area (Å²) in [6.07, 6.45) is 18.3. The number of hydrogen-bond donors (Lipinski definition) is 0. The Morgan fingerprint density at radius 3 is 2.44 bits per heavy atom. The summed E-state index contributed by atoms with van der Waals surface area (Å²) in [5.41, 5.74) is 3.60. The first-order chi connectivity index (χ1) is 18.9. The molecule has 3 aromatic heterocycles. The van der Waals surface area contributed by atoms with Crippen molar-refractivity contribution in [2.75, 3.05) is 0 Å². The molecule has 0 radical (unpaired) electrons. The fourth-order valence-electron chi connectivity index (χ4n) is 6.36. The highest BCUT2D eigenvalue weighted by atomic mass is 35.5. The number of rotatable bonds is 7. The average Bonchev–Trinajstić information content (AvgIpc) is 3.72. The molecular formula is C31H28Cl3N3O2. The monoisotopic (exact) mass is 579 g/mol. The van der Waals surface area contributed by atoms with Crippen molar-refractivity contribution in [2.45, 2.75) is 69.5 Å². The lowest BCUT2D eigenvalue weighted by Crippen LogP contribution is -2.46. The van der Waals surface area contributed by atoms with Gasteiger partial charge in [-0.1, -0.05) is 64.2 Å². The smallest absolute Gasteiger partial charge is 0.145 e. The fourth-order valence-corrected chi connectivity index (χ4v) is 7.12. The summed E-state index contributed by atoms with van der Waals surface area (Å²) < 4.78 is 12.6. The van der Waals surface area contributed by atoms with E-state index in [9.17, 15) is 0 Å². The minimum Gasteiger partial charge on any atom is -0.370 e. The summed E-state index contributed by atoms with van der Waals surface area (Å²) >= 11 is 19.3. The molecule has 4 fully saturated rings. The van der Waals surface area contributed by atoms with Gasteiger partial charge in [0.05, 0.1) is 22.3 Å². The van der Waals surface area contributed by atoms with Crippen LogP contribution < -0.4 is 0 Å². The molecule has 0 unspecified atom stereocenters. The lowest BCUT2D eigenvalue weighted by Gasteiger charge is -2.52. The number of ether oxygens (including phenoxy) is 1. The molecule has 8 rings (SSSR count).